The summed E-state index contributed by atoms with van der Waals surface area (Å²) >= 11 is 0. The molecule has 0 bridgehead atoms. The molecule has 4 rings (SSSR count). The number of rotatable bonds is 8. The number of halogens is 1. The number of hydrogen-bond donors (Lipinski definition) is 6. The maximum absolute atomic E-state index is 15.5. The number of carbonyl (C=O) groups excluding carboxylic acids is 1. The van der Waals surface area contributed by atoms with Crippen LogP contribution >= 0.6 is 0 Å². The zero-order valence-electron chi connectivity index (χ0n) is 19.6. The molecule has 1 aliphatic rings. The summed E-state index contributed by atoms with van der Waals surface area (Å²) in [6.45, 7) is 0. The van der Waals surface area contributed by atoms with E-state index in [2.05, 4.69) is 10.8 Å². The van der Waals surface area contributed by atoms with Gasteiger partial charge in [-0.1, -0.05) is 54.6 Å². The van der Waals surface area contributed by atoms with Gasteiger partial charge in [-0.05, 0) is 23.8 Å². The maximum atomic E-state index is 15.5. The van der Waals surface area contributed by atoms with Gasteiger partial charge < -0.3 is 16.2 Å². The molecule has 8 N–H and O–H groups in total. The Morgan fingerprint density at radius 2 is 1.76 bits per heavy atom. The Morgan fingerprint density at radius 3 is 2.39 bits per heavy atom. The monoisotopic (exact) mass is 539 g/mol. The van der Waals surface area contributed by atoms with Gasteiger partial charge in [-0.15, -0.1) is 0 Å². The normalized spacial score (nSPS) is 16.8. The minimum absolute atomic E-state index is 0.0184. The fourth-order valence-electron chi connectivity index (χ4n) is 3.94. The Hall–Kier alpha value is -4.59. The van der Waals surface area contributed by atoms with Gasteiger partial charge in [-0.3, -0.25) is 25.3 Å². The van der Waals surface area contributed by atoms with Gasteiger partial charge >= 0.3 is 5.97 Å². The van der Waals surface area contributed by atoms with E-state index < -0.39 is 50.3 Å². The third-order valence-corrected chi connectivity index (χ3v) is 6.69. The first kappa shape index (κ1) is 26.5. The number of nitrogens with one attached hydrogen (secondary N) is 3. The van der Waals surface area contributed by atoms with Crippen LogP contribution in [0.1, 0.15) is 17.5 Å². The molecule has 0 spiro atoms. The van der Waals surface area contributed by atoms with Gasteiger partial charge in [0.1, 0.15) is 10.7 Å². The van der Waals surface area contributed by atoms with E-state index in [0.29, 0.717) is 16.7 Å². The number of amidine groups is 1. The molecule has 0 radical (unpaired) electrons. The lowest BCUT2D eigenvalue weighted by molar-refractivity contribution is -0.152. The first-order valence-corrected chi connectivity index (χ1v) is 12.5. The molecule has 1 unspecified atom stereocenters. The van der Waals surface area contributed by atoms with Crippen molar-refractivity contribution >= 4 is 39.1 Å². The van der Waals surface area contributed by atoms with E-state index in [-0.39, 0.29) is 17.1 Å². The first-order valence-electron chi connectivity index (χ1n) is 11.0. The van der Waals surface area contributed by atoms with Crippen molar-refractivity contribution in [2.45, 2.75) is 16.9 Å². The highest BCUT2D eigenvalue weighted by Gasteiger charge is 2.45. The Kier molecular flexibility index (Phi) is 7.00. The molecule has 1 heterocycles. The molecule has 38 heavy (non-hydrogen) atoms. The van der Waals surface area contributed by atoms with Crippen molar-refractivity contribution in [1.82, 2.24) is 5.48 Å². The van der Waals surface area contributed by atoms with Crippen LogP contribution in [0.3, 0.4) is 0 Å². The Balaban J connectivity index is 1.74. The third-order valence-electron chi connectivity index (χ3n) is 5.72. The van der Waals surface area contributed by atoms with Crippen molar-refractivity contribution in [2.75, 3.05) is 5.32 Å². The molecular weight excluding hydrogens is 517 g/mol. The molecule has 0 saturated heterocycles. The van der Waals surface area contributed by atoms with Crippen LogP contribution in [0.4, 0.5) is 10.1 Å². The van der Waals surface area contributed by atoms with Crippen LogP contribution < -0.4 is 21.7 Å². The van der Waals surface area contributed by atoms with Crippen molar-refractivity contribution in [3.63, 3.8) is 0 Å². The van der Waals surface area contributed by atoms with Crippen molar-refractivity contribution in [2.24, 2.45) is 10.9 Å². The van der Waals surface area contributed by atoms with Gasteiger partial charge in [0, 0.05) is 16.7 Å². The van der Waals surface area contributed by atoms with E-state index >= 15 is 4.39 Å². The van der Waals surface area contributed by atoms with Crippen molar-refractivity contribution in [3.8, 4) is 11.1 Å². The average molecular weight is 540 g/mol. The molecule has 0 fully saturated rings. The predicted molar refractivity (Wildman–Crippen MR) is 136 cm³/mol. The largest absolute Gasteiger partial charge is 0.481 e. The van der Waals surface area contributed by atoms with Gasteiger partial charge in [0.05, 0.1) is 17.8 Å². The predicted octanol–water partition coefficient (Wildman–Crippen LogP) is 2.15. The summed E-state index contributed by atoms with van der Waals surface area (Å²) in [6.07, 6.45) is 0.347. The summed E-state index contributed by atoms with van der Waals surface area (Å²) in [5, 5.41) is 24.6. The quantitative estimate of drug-likeness (QED) is 0.185. The molecule has 1 amide bonds. The molecule has 1 aliphatic heterocycles. The fourth-order valence-corrected chi connectivity index (χ4v) is 4.79. The van der Waals surface area contributed by atoms with Crippen molar-refractivity contribution in [3.05, 3.63) is 89.8 Å². The average Bonchev–Trinajstić information content (AvgIpc) is 3.29. The SMILES string of the molecule is N=C(N)c1cccc(C2=CC(CC(=O)O)(C(=O)Nc3ccc(-c4ccccc4)c(S(N)(=O)=O)c3F)ON2)c1. The van der Waals surface area contributed by atoms with Crippen LogP contribution in [0, 0.1) is 11.2 Å². The molecule has 3 aromatic rings. The highest BCUT2D eigenvalue weighted by atomic mass is 32.2. The van der Waals surface area contributed by atoms with Gasteiger partial charge in [0.2, 0.25) is 15.6 Å². The number of anilines is 1. The van der Waals surface area contributed by atoms with E-state index in [1.807, 2.05) is 0 Å². The number of primary sulfonamides is 1. The molecule has 196 valence electrons. The van der Waals surface area contributed by atoms with E-state index in [1.165, 1.54) is 18.2 Å². The molecule has 1 atom stereocenters. The van der Waals surface area contributed by atoms with Crippen LogP contribution in [0.2, 0.25) is 0 Å². The molecule has 13 heteroatoms. The molecule has 11 nitrogen and oxygen atoms in total. The standard InChI is InChI=1S/C25H22FN5O6S/c26-21-18(10-9-17(22(21)38(29,35)36)14-5-2-1-3-6-14)30-24(34)25(13-20(32)33)12-19(31-37-25)15-7-4-8-16(11-15)23(27)28/h1-12,31H,13H2,(H3,27,28)(H,30,34)(H,32,33)(H2,29,35,36). The van der Waals surface area contributed by atoms with E-state index in [1.54, 1.807) is 48.5 Å². The minimum atomic E-state index is -4.58. The molecule has 3 aromatic carbocycles. The van der Waals surface area contributed by atoms with E-state index in [0.717, 1.165) is 6.07 Å². The number of hydrogen-bond acceptors (Lipinski definition) is 7. The summed E-state index contributed by atoms with van der Waals surface area (Å²) in [5.41, 5.74) is 6.71. The molecule has 0 aromatic heterocycles. The molecular formula is C25H22FN5O6S. The minimum Gasteiger partial charge on any atom is -0.481 e. The summed E-state index contributed by atoms with van der Waals surface area (Å²) in [7, 11) is -4.58. The first-order chi connectivity index (χ1) is 17.9. The summed E-state index contributed by atoms with van der Waals surface area (Å²) in [6, 6.07) is 16.8. The van der Waals surface area contributed by atoms with Crippen LogP contribution in [0.5, 0.6) is 0 Å². The van der Waals surface area contributed by atoms with Gasteiger partial charge in [0.15, 0.2) is 5.82 Å². The lowest BCUT2D eigenvalue weighted by Gasteiger charge is -2.23. The third kappa shape index (κ3) is 5.25. The van der Waals surface area contributed by atoms with E-state index in [4.69, 9.17) is 21.1 Å². The van der Waals surface area contributed by atoms with Crippen LogP contribution in [0.15, 0.2) is 77.7 Å². The van der Waals surface area contributed by atoms with Crippen molar-refractivity contribution in [1.29, 1.82) is 5.41 Å². The van der Waals surface area contributed by atoms with E-state index in [9.17, 15) is 23.1 Å². The van der Waals surface area contributed by atoms with Crippen molar-refractivity contribution < 1.29 is 32.3 Å². The summed E-state index contributed by atoms with van der Waals surface area (Å²) in [4.78, 5) is 29.5. The topological polar surface area (TPSA) is 198 Å². The molecule has 0 aliphatic carbocycles. The second-order valence-electron chi connectivity index (χ2n) is 8.39. The number of carbonyl (C=O) groups is 2. The Morgan fingerprint density at radius 1 is 1.08 bits per heavy atom. The lowest BCUT2D eigenvalue weighted by Crippen LogP contribution is -2.45. The Labute approximate surface area is 216 Å². The number of carboxylic acid groups (broad SMARTS) is 1. The fraction of sp³-hybridized carbons (Fsp3) is 0.0800. The van der Waals surface area contributed by atoms with Gasteiger partial charge in [-0.25, -0.2) is 17.9 Å². The number of nitrogen functional groups attached to an aromatic ring is 1. The highest BCUT2D eigenvalue weighted by molar-refractivity contribution is 7.89. The van der Waals surface area contributed by atoms with Gasteiger partial charge in [0.25, 0.3) is 5.91 Å². The highest BCUT2D eigenvalue weighted by Crippen LogP contribution is 2.35. The number of benzene rings is 3. The smallest absolute Gasteiger partial charge is 0.307 e. The molecule has 0 saturated carbocycles. The number of amides is 1. The zero-order valence-corrected chi connectivity index (χ0v) is 20.4. The van der Waals surface area contributed by atoms with Gasteiger partial charge in [-0.2, -0.15) is 0 Å². The summed E-state index contributed by atoms with van der Waals surface area (Å²) < 4.78 is 40.1. The number of aliphatic carboxylic acids is 1. The number of sulfonamides is 1. The second kappa shape index (κ2) is 10.0. The maximum Gasteiger partial charge on any atom is 0.307 e. The van der Waals surface area contributed by atoms with Crippen LogP contribution in [-0.4, -0.2) is 36.8 Å². The second-order valence-corrected chi connectivity index (χ2v) is 9.88. The number of carboxylic acids is 1. The van der Waals surface area contributed by atoms with Crippen LogP contribution in [0.25, 0.3) is 16.8 Å². The summed E-state index contributed by atoms with van der Waals surface area (Å²) in [5.74, 6) is -4.02. The Bertz CT molecular complexity index is 1590. The number of hydroxylamine groups is 1. The lowest BCUT2D eigenvalue weighted by atomic mass is 9.95. The number of nitrogens with two attached hydrogens (primary N) is 2. The zero-order chi connectivity index (χ0) is 27.7. The van der Waals surface area contributed by atoms with Crippen LogP contribution in [-0.2, 0) is 24.4 Å².